The summed E-state index contributed by atoms with van der Waals surface area (Å²) in [6, 6.07) is 8.01. The molecular weight excluding hydrogens is 276 g/mol. The van der Waals surface area contributed by atoms with Crippen LogP contribution in [0.5, 0.6) is 0 Å². The average Bonchev–Trinajstić information content (AvgIpc) is 3.36. The second-order valence-corrected chi connectivity index (χ2v) is 6.54. The number of piperidine rings is 1. The first-order valence-corrected chi connectivity index (χ1v) is 8.26. The van der Waals surface area contributed by atoms with E-state index in [9.17, 15) is 9.59 Å². The number of nitrogens with zero attached hydrogens (tertiary/aromatic N) is 1. The number of nitrogens with one attached hydrogen (secondary N) is 1. The number of aryl methyl sites for hydroxylation is 1. The minimum atomic E-state index is -0.764. The van der Waals surface area contributed by atoms with Crippen LogP contribution in [0.4, 0.5) is 0 Å². The summed E-state index contributed by atoms with van der Waals surface area (Å²) in [7, 11) is 0. The van der Waals surface area contributed by atoms with Crippen LogP contribution in [-0.4, -0.2) is 29.8 Å². The molecule has 0 bridgehead atoms. The predicted molar refractivity (Wildman–Crippen MR) is 85.1 cm³/mol. The lowest BCUT2D eigenvalue weighted by atomic mass is 10.0. The van der Waals surface area contributed by atoms with Gasteiger partial charge in [0.25, 0.3) is 0 Å². The zero-order valence-electron chi connectivity index (χ0n) is 13.2. The van der Waals surface area contributed by atoms with E-state index in [1.807, 2.05) is 36.1 Å². The number of amides is 2. The van der Waals surface area contributed by atoms with Gasteiger partial charge in [-0.05, 0) is 50.2 Å². The quantitative estimate of drug-likeness (QED) is 0.868. The van der Waals surface area contributed by atoms with Gasteiger partial charge in [-0.1, -0.05) is 24.3 Å². The van der Waals surface area contributed by atoms with E-state index in [1.165, 1.54) is 6.42 Å². The van der Waals surface area contributed by atoms with Gasteiger partial charge in [0.1, 0.15) is 5.41 Å². The molecule has 0 radical (unpaired) electrons. The normalized spacial score (nSPS) is 19.6. The molecule has 1 aliphatic heterocycles. The highest BCUT2D eigenvalue weighted by Crippen LogP contribution is 2.47. The number of carbonyl (C=O) groups excluding carboxylic acids is 2. The summed E-state index contributed by atoms with van der Waals surface area (Å²) in [5.41, 5.74) is 1.51. The first kappa shape index (κ1) is 15.1. The van der Waals surface area contributed by atoms with Crippen LogP contribution < -0.4 is 5.32 Å². The summed E-state index contributed by atoms with van der Waals surface area (Å²) in [6.07, 6.45) is 4.71. The molecule has 0 spiro atoms. The highest BCUT2D eigenvalue weighted by molar-refractivity contribution is 6.07. The maximum Gasteiger partial charge on any atom is 0.238 e. The van der Waals surface area contributed by atoms with Gasteiger partial charge in [0, 0.05) is 19.6 Å². The Balaban J connectivity index is 1.61. The van der Waals surface area contributed by atoms with E-state index in [1.54, 1.807) is 0 Å². The molecule has 118 valence electrons. The molecule has 1 saturated carbocycles. The molecule has 0 atom stereocenters. The van der Waals surface area contributed by atoms with Crippen molar-refractivity contribution < 1.29 is 9.59 Å². The largest absolute Gasteiger partial charge is 0.351 e. The Hall–Kier alpha value is -1.84. The molecule has 4 heteroatoms. The van der Waals surface area contributed by atoms with Gasteiger partial charge in [0.05, 0.1) is 0 Å². The van der Waals surface area contributed by atoms with Gasteiger partial charge in [-0.2, -0.15) is 0 Å². The van der Waals surface area contributed by atoms with Crippen molar-refractivity contribution in [3.8, 4) is 0 Å². The average molecular weight is 300 g/mol. The van der Waals surface area contributed by atoms with Crippen LogP contribution in [0.25, 0.3) is 0 Å². The molecule has 1 saturated heterocycles. The number of rotatable bonds is 4. The SMILES string of the molecule is Cc1ccccc1CNC(=O)C1(C(=O)N2CCCCC2)CC1. The zero-order valence-corrected chi connectivity index (χ0v) is 13.2. The third-order valence-corrected chi connectivity index (χ3v) is 4.94. The molecule has 2 amide bonds. The first-order valence-electron chi connectivity index (χ1n) is 8.26. The van der Waals surface area contributed by atoms with Crippen molar-refractivity contribution in [3.63, 3.8) is 0 Å². The van der Waals surface area contributed by atoms with Gasteiger partial charge < -0.3 is 10.2 Å². The molecule has 3 rings (SSSR count). The van der Waals surface area contributed by atoms with Crippen molar-refractivity contribution in [2.24, 2.45) is 5.41 Å². The van der Waals surface area contributed by atoms with Gasteiger partial charge in [0.2, 0.25) is 11.8 Å². The second kappa shape index (κ2) is 6.11. The van der Waals surface area contributed by atoms with E-state index < -0.39 is 5.41 Å². The molecular formula is C18H24N2O2. The van der Waals surface area contributed by atoms with Gasteiger partial charge in [0.15, 0.2) is 0 Å². The van der Waals surface area contributed by atoms with E-state index >= 15 is 0 Å². The molecule has 1 aromatic rings. The van der Waals surface area contributed by atoms with Crippen molar-refractivity contribution in [1.82, 2.24) is 10.2 Å². The number of hydrogen-bond acceptors (Lipinski definition) is 2. The van der Waals surface area contributed by atoms with Gasteiger partial charge in [-0.15, -0.1) is 0 Å². The minimum Gasteiger partial charge on any atom is -0.351 e. The van der Waals surface area contributed by atoms with Crippen molar-refractivity contribution in [1.29, 1.82) is 0 Å². The lowest BCUT2D eigenvalue weighted by molar-refractivity contribution is -0.145. The Kier molecular flexibility index (Phi) is 4.19. The number of benzene rings is 1. The summed E-state index contributed by atoms with van der Waals surface area (Å²) in [5, 5.41) is 2.98. The van der Waals surface area contributed by atoms with Crippen LogP contribution in [0.1, 0.15) is 43.2 Å². The molecule has 22 heavy (non-hydrogen) atoms. The summed E-state index contributed by atoms with van der Waals surface area (Å²) < 4.78 is 0. The van der Waals surface area contributed by atoms with Crippen molar-refractivity contribution in [2.45, 2.75) is 45.6 Å². The third kappa shape index (κ3) is 2.87. The molecule has 0 unspecified atom stereocenters. The van der Waals surface area contributed by atoms with Crippen LogP contribution in [0.15, 0.2) is 24.3 Å². The lowest BCUT2D eigenvalue weighted by Crippen LogP contribution is -2.46. The molecule has 1 aromatic carbocycles. The summed E-state index contributed by atoms with van der Waals surface area (Å²) in [6.45, 7) is 4.16. The molecule has 1 heterocycles. The Labute approximate surface area is 131 Å². The van der Waals surface area contributed by atoms with Gasteiger partial charge in [-0.3, -0.25) is 9.59 Å². The maximum atomic E-state index is 12.7. The van der Waals surface area contributed by atoms with E-state index in [-0.39, 0.29) is 11.8 Å². The number of carbonyl (C=O) groups is 2. The van der Waals surface area contributed by atoms with Crippen molar-refractivity contribution >= 4 is 11.8 Å². The zero-order chi connectivity index (χ0) is 15.6. The number of hydrogen-bond donors (Lipinski definition) is 1. The summed E-state index contributed by atoms with van der Waals surface area (Å²) >= 11 is 0. The molecule has 1 aliphatic carbocycles. The highest BCUT2D eigenvalue weighted by Gasteiger charge is 2.57. The topological polar surface area (TPSA) is 49.4 Å². The van der Waals surface area contributed by atoms with Gasteiger partial charge in [-0.25, -0.2) is 0 Å². The van der Waals surface area contributed by atoms with E-state index in [4.69, 9.17) is 0 Å². The maximum absolute atomic E-state index is 12.7. The lowest BCUT2D eigenvalue weighted by Gasteiger charge is -2.30. The molecule has 2 fully saturated rings. The van der Waals surface area contributed by atoms with Crippen LogP contribution in [0, 0.1) is 12.3 Å². The standard InChI is InChI=1S/C18H24N2O2/c1-14-7-3-4-8-15(14)13-19-16(21)18(9-10-18)17(22)20-11-5-2-6-12-20/h3-4,7-8H,2,5-6,9-13H2,1H3,(H,19,21). The molecule has 1 N–H and O–H groups in total. The van der Waals surface area contributed by atoms with E-state index in [0.717, 1.165) is 37.1 Å². The van der Waals surface area contributed by atoms with Crippen LogP contribution in [0.2, 0.25) is 0 Å². The van der Waals surface area contributed by atoms with Crippen LogP contribution in [0.3, 0.4) is 0 Å². The molecule has 2 aliphatic rings. The highest BCUT2D eigenvalue weighted by atomic mass is 16.2. The summed E-state index contributed by atoms with van der Waals surface area (Å²) in [4.78, 5) is 27.1. The van der Waals surface area contributed by atoms with Crippen molar-refractivity contribution in [2.75, 3.05) is 13.1 Å². The first-order chi connectivity index (χ1) is 10.6. The predicted octanol–water partition coefficient (Wildman–Crippen LogP) is 2.40. The number of likely N-dealkylation sites (tertiary alicyclic amines) is 1. The van der Waals surface area contributed by atoms with Crippen LogP contribution in [-0.2, 0) is 16.1 Å². The fraction of sp³-hybridized carbons (Fsp3) is 0.556. The Morgan fingerprint density at radius 3 is 2.45 bits per heavy atom. The monoisotopic (exact) mass is 300 g/mol. The van der Waals surface area contributed by atoms with E-state index in [0.29, 0.717) is 19.4 Å². The second-order valence-electron chi connectivity index (χ2n) is 6.54. The fourth-order valence-electron chi connectivity index (χ4n) is 3.22. The third-order valence-electron chi connectivity index (χ3n) is 4.94. The van der Waals surface area contributed by atoms with Crippen LogP contribution >= 0.6 is 0 Å². The Bertz CT molecular complexity index is 572. The Morgan fingerprint density at radius 1 is 1.14 bits per heavy atom. The minimum absolute atomic E-state index is 0.0504. The smallest absolute Gasteiger partial charge is 0.238 e. The van der Waals surface area contributed by atoms with Crippen molar-refractivity contribution in [3.05, 3.63) is 35.4 Å². The van der Waals surface area contributed by atoms with E-state index in [2.05, 4.69) is 5.32 Å². The molecule has 4 nitrogen and oxygen atoms in total. The molecule has 0 aromatic heterocycles. The summed E-state index contributed by atoms with van der Waals surface area (Å²) in [5.74, 6) is -0.0409. The van der Waals surface area contributed by atoms with Gasteiger partial charge >= 0.3 is 0 Å². The fourth-order valence-corrected chi connectivity index (χ4v) is 3.22. The Morgan fingerprint density at radius 2 is 1.82 bits per heavy atom.